The van der Waals surface area contributed by atoms with Gasteiger partial charge in [-0.25, -0.2) is 4.99 Å². The molecule has 5 heteroatoms. The Balaban J connectivity index is 1.34. The Bertz CT molecular complexity index is 846. The van der Waals surface area contributed by atoms with Crippen LogP contribution < -0.4 is 20.9 Å². The highest BCUT2D eigenvalue weighted by Crippen LogP contribution is 2.36. The van der Waals surface area contributed by atoms with Gasteiger partial charge >= 0.3 is 0 Å². The lowest BCUT2D eigenvalue weighted by Crippen LogP contribution is -2.58. The van der Waals surface area contributed by atoms with E-state index in [0.29, 0.717) is 0 Å². The molecule has 0 aromatic heterocycles. The van der Waals surface area contributed by atoms with Gasteiger partial charge in [0.05, 0.1) is 16.9 Å². The average Bonchev–Trinajstić information content (AvgIpc) is 3.28. The van der Waals surface area contributed by atoms with Gasteiger partial charge in [-0.15, -0.1) is 0 Å². The van der Waals surface area contributed by atoms with Crippen LogP contribution in [0.15, 0.2) is 53.5 Å². The minimum absolute atomic E-state index is 0.0882. The summed E-state index contributed by atoms with van der Waals surface area (Å²) in [6.07, 6.45) is 4.71. The standard InChI is InChI=1S/C23H29N5/c1-2-6-21-20(5-1)26-22(23(27-21)11-13-24-14-12-23)25-17-18-7-9-19(10-8-18)28-15-3-4-16-28/h1-2,5-10,24,27H,3-4,11-17H2,(H,25,26). The van der Waals surface area contributed by atoms with Crippen LogP contribution in [0.25, 0.3) is 0 Å². The zero-order chi connectivity index (χ0) is 18.8. The minimum atomic E-state index is -0.0882. The Hall–Kier alpha value is -2.53. The maximum absolute atomic E-state index is 5.02. The monoisotopic (exact) mass is 375 g/mol. The van der Waals surface area contributed by atoms with Crippen molar-refractivity contribution in [1.29, 1.82) is 0 Å². The van der Waals surface area contributed by atoms with Gasteiger partial charge in [0.1, 0.15) is 5.84 Å². The fourth-order valence-corrected chi connectivity index (χ4v) is 4.63. The average molecular weight is 376 g/mol. The summed E-state index contributed by atoms with van der Waals surface area (Å²) in [7, 11) is 0. The number of fused-ring (bicyclic) bond motifs is 1. The molecule has 3 aliphatic rings. The van der Waals surface area contributed by atoms with Gasteiger partial charge in [-0.1, -0.05) is 24.3 Å². The Labute approximate surface area is 167 Å². The Morgan fingerprint density at radius 1 is 0.964 bits per heavy atom. The van der Waals surface area contributed by atoms with E-state index in [0.717, 1.165) is 49.7 Å². The van der Waals surface area contributed by atoms with Gasteiger partial charge in [0, 0.05) is 25.3 Å². The number of rotatable bonds is 3. The highest BCUT2D eigenvalue weighted by Gasteiger charge is 2.40. The Morgan fingerprint density at radius 2 is 1.71 bits per heavy atom. The van der Waals surface area contributed by atoms with Crippen LogP contribution >= 0.6 is 0 Å². The molecule has 0 bridgehead atoms. The molecule has 3 N–H and O–H groups in total. The number of nitrogens with zero attached hydrogens (tertiary/aromatic N) is 2. The largest absolute Gasteiger partial charge is 0.372 e. The lowest BCUT2D eigenvalue weighted by Gasteiger charge is -2.43. The van der Waals surface area contributed by atoms with Gasteiger partial charge in [-0.2, -0.15) is 0 Å². The van der Waals surface area contributed by atoms with Crippen LogP contribution in [0.1, 0.15) is 31.2 Å². The molecular formula is C23H29N5. The third kappa shape index (κ3) is 3.35. The fraction of sp³-hybridized carbons (Fsp3) is 0.435. The molecule has 28 heavy (non-hydrogen) atoms. The Kier molecular flexibility index (Phi) is 4.69. The van der Waals surface area contributed by atoms with Crippen molar-refractivity contribution in [3.63, 3.8) is 0 Å². The van der Waals surface area contributed by atoms with Crippen molar-refractivity contribution in [2.24, 2.45) is 4.99 Å². The molecule has 0 radical (unpaired) electrons. The number of benzene rings is 2. The molecule has 5 nitrogen and oxygen atoms in total. The van der Waals surface area contributed by atoms with Crippen molar-refractivity contribution in [1.82, 2.24) is 10.6 Å². The first kappa shape index (κ1) is 17.6. The third-order valence-electron chi connectivity index (χ3n) is 6.29. The molecule has 0 atom stereocenters. The van der Waals surface area contributed by atoms with Crippen LogP contribution in [-0.2, 0) is 6.54 Å². The smallest absolute Gasteiger partial charge is 0.128 e. The quantitative estimate of drug-likeness (QED) is 0.766. The number of hydrogen-bond acceptors (Lipinski definition) is 5. The SMILES string of the molecule is c1ccc2c(c1)N=C(NCc1ccc(N3CCCC3)cc1)C1(CCNCC1)N2. The molecule has 2 fully saturated rings. The van der Waals surface area contributed by atoms with Gasteiger partial charge in [0.15, 0.2) is 0 Å². The normalized spacial score (nSPS) is 20.4. The van der Waals surface area contributed by atoms with Crippen LogP contribution in [0.3, 0.4) is 0 Å². The van der Waals surface area contributed by atoms with Crippen LogP contribution in [0.4, 0.5) is 17.1 Å². The van der Waals surface area contributed by atoms with E-state index in [1.54, 1.807) is 0 Å². The highest BCUT2D eigenvalue weighted by atomic mass is 15.2. The second-order valence-corrected chi connectivity index (χ2v) is 8.15. The molecule has 2 saturated heterocycles. The molecule has 2 aromatic rings. The zero-order valence-electron chi connectivity index (χ0n) is 16.4. The van der Waals surface area contributed by atoms with Crippen molar-refractivity contribution >= 4 is 22.9 Å². The van der Waals surface area contributed by atoms with Gasteiger partial charge in [-0.3, -0.25) is 0 Å². The van der Waals surface area contributed by atoms with E-state index in [9.17, 15) is 0 Å². The molecule has 1 spiro atoms. The zero-order valence-corrected chi connectivity index (χ0v) is 16.4. The van der Waals surface area contributed by atoms with E-state index >= 15 is 0 Å². The van der Waals surface area contributed by atoms with Crippen molar-refractivity contribution in [3.8, 4) is 0 Å². The van der Waals surface area contributed by atoms with Crippen molar-refractivity contribution in [2.75, 3.05) is 36.4 Å². The summed E-state index contributed by atoms with van der Waals surface area (Å²) < 4.78 is 0. The summed E-state index contributed by atoms with van der Waals surface area (Å²) in [5.74, 6) is 1.08. The van der Waals surface area contributed by atoms with E-state index in [2.05, 4.69) is 69.4 Å². The molecule has 0 unspecified atom stereocenters. The summed E-state index contributed by atoms with van der Waals surface area (Å²) in [5.41, 5.74) is 4.73. The summed E-state index contributed by atoms with van der Waals surface area (Å²) in [5, 5.41) is 11.0. The predicted molar refractivity (Wildman–Crippen MR) is 117 cm³/mol. The second kappa shape index (κ2) is 7.47. The van der Waals surface area contributed by atoms with E-state index in [1.165, 1.54) is 37.2 Å². The van der Waals surface area contributed by atoms with Crippen molar-refractivity contribution < 1.29 is 0 Å². The van der Waals surface area contributed by atoms with Gasteiger partial charge < -0.3 is 20.9 Å². The topological polar surface area (TPSA) is 51.7 Å². The molecular weight excluding hydrogens is 346 g/mol. The summed E-state index contributed by atoms with van der Waals surface area (Å²) in [6, 6.07) is 17.4. The summed E-state index contributed by atoms with van der Waals surface area (Å²) >= 11 is 0. The van der Waals surface area contributed by atoms with Crippen LogP contribution in [0.2, 0.25) is 0 Å². The molecule has 146 valence electrons. The molecule has 5 rings (SSSR count). The number of hydrogen-bond donors (Lipinski definition) is 3. The van der Waals surface area contributed by atoms with Crippen molar-refractivity contribution in [2.45, 2.75) is 37.8 Å². The number of piperidine rings is 1. The van der Waals surface area contributed by atoms with Gasteiger partial charge in [-0.05, 0) is 68.6 Å². The van der Waals surface area contributed by atoms with E-state index < -0.39 is 0 Å². The van der Waals surface area contributed by atoms with E-state index in [-0.39, 0.29) is 5.54 Å². The molecule has 0 saturated carbocycles. The molecule has 3 aliphatic heterocycles. The minimum Gasteiger partial charge on any atom is -0.372 e. The van der Waals surface area contributed by atoms with Crippen LogP contribution in [0.5, 0.6) is 0 Å². The lowest BCUT2D eigenvalue weighted by molar-refractivity contribution is 0.412. The van der Waals surface area contributed by atoms with Gasteiger partial charge in [0.25, 0.3) is 0 Å². The number of nitrogens with one attached hydrogen (secondary N) is 3. The maximum atomic E-state index is 5.02. The molecule has 2 aromatic carbocycles. The maximum Gasteiger partial charge on any atom is 0.128 e. The molecule has 0 aliphatic carbocycles. The van der Waals surface area contributed by atoms with Crippen LogP contribution in [0, 0.1) is 0 Å². The van der Waals surface area contributed by atoms with Crippen LogP contribution in [-0.4, -0.2) is 37.6 Å². The van der Waals surface area contributed by atoms with E-state index in [1.807, 2.05) is 0 Å². The third-order valence-corrected chi connectivity index (χ3v) is 6.29. The molecule has 0 amide bonds. The number of amidine groups is 1. The van der Waals surface area contributed by atoms with E-state index in [4.69, 9.17) is 4.99 Å². The first-order valence-electron chi connectivity index (χ1n) is 10.6. The second-order valence-electron chi connectivity index (χ2n) is 8.15. The first-order valence-corrected chi connectivity index (χ1v) is 10.6. The summed E-state index contributed by atoms with van der Waals surface area (Å²) in [4.78, 5) is 7.50. The van der Waals surface area contributed by atoms with Crippen molar-refractivity contribution in [3.05, 3.63) is 54.1 Å². The predicted octanol–water partition coefficient (Wildman–Crippen LogP) is 3.65. The number of para-hydroxylation sites is 2. The Morgan fingerprint density at radius 3 is 2.50 bits per heavy atom. The fourth-order valence-electron chi connectivity index (χ4n) is 4.63. The summed E-state index contributed by atoms with van der Waals surface area (Å²) in [6.45, 7) is 5.21. The number of anilines is 2. The highest BCUT2D eigenvalue weighted by molar-refractivity contribution is 6.00. The first-order chi connectivity index (χ1) is 13.8. The lowest BCUT2D eigenvalue weighted by atomic mass is 9.85. The molecule has 3 heterocycles. The van der Waals surface area contributed by atoms with Gasteiger partial charge in [0.2, 0.25) is 0 Å². The number of aliphatic imine (C=N–C) groups is 1.